The first kappa shape index (κ1) is 18.9. The standard InChI is InChI=1S/C20H26N2O3S/c1-26(24,25)19(14-16-6-3-2-4-7-16)17-9-12-22(13-10-17)15-18-8-5-11-21-20(18)23/h2-8,11,17,19H,9-10,12-15H2,1H3,(H,21,23). The van der Waals surface area contributed by atoms with Gasteiger partial charge < -0.3 is 4.98 Å². The molecule has 1 aliphatic heterocycles. The first-order valence-electron chi connectivity index (χ1n) is 9.05. The van der Waals surface area contributed by atoms with Gasteiger partial charge in [-0.1, -0.05) is 36.4 Å². The van der Waals surface area contributed by atoms with Gasteiger partial charge in [0.2, 0.25) is 0 Å². The fourth-order valence-electron chi connectivity index (χ4n) is 3.82. The van der Waals surface area contributed by atoms with Crippen LogP contribution < -0.4 is 5.56 Å². The Labute approximate surface area is 155 Å². The second-order valence-electron chi connectivity index (χ2n) is 7.20. The van der Waals surface area contributed by atoms with E-state index in [0.717, 1.165) is 37.1 Å². The number of sulfone groups is 1. The second kappa shape index (κ2) is 8.18. The van der Waals surface area contributed by atoms with E-state index in [1.54, 1.807) is 6.20 Å². The van der Waals surface area contributed by atoms with E-state index in [0.29, 0.717) is 13.0 Å². The van der Waals surface area contributed by atoms with Crippen LogP contribution in [0.5, 0.6) is 0 Å². The molecular formula is C20H26N2O3S. The molecular weight excluding hydrogens is 348 g/mol. The first-order valence-corrected chi connectivity index (χ1v) is 11.0. The van der Waals surface area contributed by atoms with Gasteiger partial charge >= 0.3 is 0 Å². The van der Waals surface area contributed by atoms with Gasteiger partial charge in [-0.3, -0.25) is 9.69 Å². The number of aromatic amines is 1. The zero-order valence-electron chi connectivity index (χ0n) is 15.1. The minimum atomic E-state index is -3.12. The average molecular weight is 375 g/mol. The molecule has 1 fully saturated rings. The Morgan fingerprint density at radius 3 is 2.42 bits per heavy atom. The van der Waals surface area contributed by atoms with Crippen molar-refractivity contribution in [3.8, 4) is 0 Å². The summed E-state index contributed by atoms with van der Waals surface area (Å²) in [6.07, 6.45) is 5.25. The molecule has 0 aliphatic carbocycles. The van der Waals surface area contributed by atoms with Gasteiger partial charge in [-0.2, -0.15) is 0 Å². The number of nitrogens with one attached hydrogen (secondary N) is 1. The third-order valence-electron chi connectivity index (χ3n) is 5.28. The number of rotatable bonds is 6. The number of hydrogen-bond acceptors (Lipinski definition) is 4. The van der Waals surface area contributed by atoms with Crippen LogP contribution in [-0.4, -0.2) is 42.9 Å². The van der Waals surface area contributed by atoms with Gasteiger partial charge in [0.15, 0.2) is 9.84 Å². The van der Waals surface area contributed by atoms with Crippen molar-refractivity contribution in [2.75, 3.05) is 19.3 Å². The Balaban J connectivity index is 1.64. The smallest absolute Gasteiger partial charge is 0.252 e. The predicted molar refractivity (Wildman–Crippen MR) is 104 cm³/mol. The van der Waals surface area contributed by atoms with Crippen molar-refractivity contribution in [2.24, 2.45) is 5.92 Å². The summed E-state index contributed by atoms with van der Waals surface area (Å²) in [4.78, 5) is 16.8. The number of benzene rings is 1. The highest BCUT2D eigenvalue weighted by molar-refractivity contribution is 7.91. The highest BCUT2D eigenvalue weighted by Crippen LogP contribution is 2.28. The number of aromatic nitrogens is 1. The third-order valence-corrected chi connectivity index (χ3v) is 6.93. The van der Waals surface area contributed by atoms with Gasteiger partial charge in [0.05, 0.1) is 5.25 Å². The Hall–Kier alpha value is -1.92. The lowest BCUT2D eigenvalue weighted by molar-refractivity contribution is 0.173. The molecule has 1 unspecified atom stereocenters. The number of likely N-dealkylation sites (tertiary alicyclic amines) is 1. The quantitative estimate of drug-likeness (QED) is 0.842. The van der Waals surface area contributed by atoms with Crippen LogP contribution in [0.25, 0.3) is 0 Å². The van der Waals surface area contributed by atoms with Crippen LogP contribution in [0, 0.1) is 5.92 Å². The molecule has 3 rings (SSSR count). The van der Waals surface area contributed by atoms with Gasteiger partial charge in [-0.05, 0) is 49.9 Å². The highest BCUT2D eigenvalue weighted by Gasteiger charge is 2.33. The number of pyridine rings is 1. The van der Waals surface area contributed by atoms with E-state index >= 15 is 0 Å². The van der Waals surface area contributed by atoms with E-state index in [9.17, 15) is 13.2 Å². The lowest BCUT2D eigenvalue weighted by atomic mass is 9.90. The largest absolute Gasteiger partial charge is 0.329 e. The Morgan fingerprint density at radius 2 is 1.81 bits per heavy atom. The van der Waals surface area contributed by atoms with Crippen LogP contribution in [-0.2, 0) is 22.8 Å². The molecule has 1 aromatic carbocycles. The summed E-state index contributed by atoms with van der Waals surface area (Å²) in [5.74, 6) is 0.163. The van der Waals surface area contributed by atoms with E-state index in [1.165, 1.54) is 6.26 Å². The van der Waals surface area contributed by atoms with E-state index < -0.39 is 9.84 Å². The molecule has 0 amide bonds. The van der Waals surface area contributed by atoms with E-state index in [2.05, 4.69) is 9.88 Å². The summed E-state index contributed by atoms with van der Waals surface area (Å²) < 4.78 is 24.8. The number of piperidine rings is 1. The maximum Gasteiger partial charge on any atom is 0.252 e. The molecule has 1 saturated heterocycles. The summed E-state index contributed by atoms with van der Waals surface area (Å²) in [6, 6.07) is 13.5. The second-order valence-corrected chi connectivity index (χ2v) is 9.46. The van der Waals surface area contributed by atoms with Crippen molar-refractivity contribution in [1.29, 1.82) is 0 Å². The lowest BCUT2D eigenvalue weighted by Gasteiger charge is -2.35. The molecule has 26 heavy (non-hydrogen) atoms. The summed E-state index contributed by atoms with van der Waals surface area (Å²) in [6.45, 7) is 2.25. The summed E-state index contributed by atoms with van der Waals surface area (Å²) in [5.41, 5.74) is 1.78. The summed E-state index contributed by atoms with van der Waals surface area (Å²) in [5, 5.41) is -0.341. The Morgan fingerprint density at radius 1 is 1.12 bits per heavy atom. The van der Waals surface area contributed by atoms with E-state index in [1.807, 2.05) is 42.5 Å². The van der Waals surface area contributed by atoms with Crippen LogP contribution in [0.4, 0.5) is 0 Å². The minimum absolute atomic E-state index is 0.0484. The van der Waals surface area contributed by atoms with Gasteiger partial charge in [0.25, 0.3) is 5.56 Å². The van der Waals surface area contributed by atoms with Crippen molar-refractivity contribution in [2.45, 2.75) is 31.1 Å². The topological polar surface area (TPSA) is 70.2 Å². The van der Waals surface area contributed by atoms with Crippen molar-refractivity contribution >= 4 is 9.84 Å². The van der Waals surface area contributed by atoms with Crippen LogP contribution in [0.2, 0.25) is 0 Å². The van der Waals surface area contributed by atoms with Crippen molar-refractivity contribution in [3.63, 3.8) is 0 Å². The molecule has 0 bridgehead atoms. The van der Waals surface area contributed by atoms with Gasteiger partial charge in [-0.15, -0.1) is 0 Å². The van der Waals surface area contributed by atoms with Crippen LogP contribution in [0.1, 0.15) is 24.0 Å². The van der Waals surface area contributed by atoms with E-state index in [-0.39, 0.29) is 16.7 Å². The Kier molecular flexibility index (Phi) is 5.94. The van der Waals surface area contributed by atoms with Gasteiger partial charge in [-0.25, -0.2) is 8.42 Å². The normalized spacial score (nSPS) is 17.9. The SMILES string of the molecule is CS(=O)(=O)C(Cc1ccccc1)C1CCN(Cc2ccc[nH]c2=O)CC1. The molecule has 1 N–H and O–H groups in total. The highest BCUT2D eigenvalue weighted by atomic mass is 32.2. The van der Waals surface area contributed by atoms with Crippen LogP contribution >= 0.6 is 0 Å². The molecule has 1 aliphatic rings. The van der Waals surface area contributed by atoms with E-state index in [4.69, 9.17) is 0 Å². The van der Waals surface area contributed by atoms with Crippen LogP contribution in [0.3, 0.4) is 0 Å². The number of hydrogen-bond donors (Lipinski definition) is 1. The fraction of sp³-hybridized carbons (Fsp3) is 0.450. The molecule has 0 saturated carbocycles. The van der Waals surface area contributed by atoms with Crippen molar-refractivity contribution in [1.82, 2.24) is 9.88 Å². The average Bonchev–Trinajstić information content (AvgIpc) is 2.62. The van der Waals surface area contributed by atoms with Crippen molar-refractivity contribution < 1.29 is 8.42 Å². The zero-order chi connectivity index (χ0) is 18.6. The maximum atomic E-state index is 12.4. The first-order chi connectivity index (χ1) is 12.4. The van der Waals surface area contributed by atoms with Crippen molar-refractivity contribution in [3.05, 3.63) is 70.1 Å². The molecule has 0 spiro atoms. The van der Waals surface area contributed by atoms with Gasteiger partial charge in [0, 0.05) is 24.6 Å². The number of nitrogens with zero attached hydrogens (tertiary/aromatic N) is 1. The maximum absolute atomic E-state index is 12.4. The third kappa shape index (κ3) is 4.83. The fourth-order valence-corrected chi connectivity index (χ4v) is 5.29. The molecule has 2 heterocycles. The van der Waals surface area contributed by atoms with Crippen LogP contribution in [0.15, 0.2) is 53.5 Å². The van der Waals surface area contributed by atoms with Gasteiger partial charge in [0.1, 0.15) is 0 Å². The molecule has 140 valence electrons. The molecule has 0 radical (unpaired) electrons. The lowest BCUT2D eigenvalue weighted by Crippen LogP contribution is -2.41. The summed E-state index contributed by atoms with van der Waals surface area (Å²) >= 11 is 0. The number of H-pyrrole nitrogens is 1. The predicted octanol–water partition coefficient (Wildman–Crippen LogP) is 2.24. The molecule has 1 atom stereocenters. The summed E-state index contributed by atoms with van der Waals surface area (Å²) in [7, 11) is -3.12. The molecule has 2 aromatic rings. The molecule has 1 aromatic heterocycles. The zero-order valence-corrected chi connectivity index (χ0v) is 15.9. The monoisotopic (exact) mass is 374 g/mol. The molecule has 6 heteroatoms. The molecule has 5 nitrogen and oxygen atoms in total. The minimum Gasteiger partial charge on any atom is -0.329 e. The Bertz CT molecular complexity index is 869.